The lowest BCUT2D eigenvalue weighted by atomic mass is 9.92. The molecule has 134 valence electrons. The van der Waals surface area contributed by atoms with Crippen LogP contribution in [-0.2, 0) is 6.54 Å². The van der Waals surface area contributed by atoms with E-state index in [4.69, 9.17) is 0 Å². The molecule has 1 heterocycles. The summed E-state index contributed by atoms with van der Waals surface area (Å²) in [7, 11) is 0. The van der Waals surface area contributed by atoms with Crippen molar-refractivity contribution in [1.29, 1.82) is 0 Å². The van der Waals surface area contributed by atoms with Gasteiger partial charge in [0, 0.05) is 12.7 Å². The van der Waals surface area contributed by atoms with Gasteiger partial charge in [0.1, 0.15) is 5.56 Å². The summed E-state index contributed by atoms with van der Waals surface area (Å²) in [6, 6.07) is 11.1. The van der Waals surface area contributed by atoms with E-state index in [-0.39, 0.29) is 23.6 Å². The highest BCUT2D eigenvalue weighted by molar-refractivity contribution is 5.93. The second-order valence-electron chi connectivity index (χ2n) is 7.04. The molecule has 0 bridgehead atoms. The summed E-state index contributed by atoms with van der Waals surface area (Å²) in [6.07, 6.45) is 1.67. The van der Waals surface area contributed by atoms with Gasteiger partial charge in [0.05, 0.1) is 12.1 Å². The van der Waals surface area contributed by atoms with E-state index >= 15 is 0 Å². The van der Waals surface area contributed by atoms with Gasteiger partial charge < -0.3 is 15.0 Å². The van der Waals surface area contributed by atoms with E-state index in [1.165, 1.54) is 10.6 Å². The van der Waals surface area contributed by atoms with Crippen LogP contribution in [0.3, 0.4) is 0 Å². The molecule has 1 atom stereocenters. The highest BCUT2D eigenvalue weighted by atomic mass is 16.3. The first kappa shape index (κ1) is 18.9. The molecule has 5 nitrogen and oxygen atoms in total. The standard InChI is InChI=1S/C20H26N2O3/c1-14(2)20(4,25)13-21-18(23)17-9-6-10-22(19(17)24)12-16-8-5-7-15(3)11-16/h5-11,14,25H,12-13H2,1-4H3,(H,21,23). The monoisotopic (exact) mass is 342 g/mol. The van der Waals surface area contributed by atoms with Crippen molar-refractivity contribution in [1.82, 2.24) is 9.88 Å². The molecule has 0 saturated heterocycles. The zero-order valence-electron chi connectivity index (χ0n) is 15.2. The number of aryl methyl sites for hydroxylation is 1. The van der Waals surface area contributed by atoms with Crippen molar-refractivity contribution in [2.45, 2.75) is 39.8 Å². The van der Waals surface area contributed by atoms with Crippen LogP contribution in [0.2, 0.25) is 0 Å². The van der Waals surface area contributed by atoms with Crippen molar-refractivity contribution in [2.75, 3.05) is 6.54 Å². The van der Waals surface area contributed by atoms with Crippen LogP contribution in [0.1, 0.15) is 42.3 Å². The van der Waals surface area contributed by atoms with E-state index in [9.17, 15) is 14.7 Å². The van der Waals surface area contributed by atoms with Crippen LogP contribution >= 0.6 is 0 Å². The van der Waals surface area contributed by atoms with Crippen molar-refractivity contribution in [3.63, 3.8) is 0 Å². The van der Waals surface area contributed by atoms with Crippen LogP contribution in [-0.4, -0.2) is 27.7 Å². The number of aromatic nitrogens is 1. The number of benzene rings is 1. The molecule has 0 aliphatic heterocycles. The second kappa shape index (κ2) is 7.66. The molecule has 0 radical (unpaired) electrons. The quantitative estimate of drug-likeness (QED) is 0.846. The summed E-state index contributed by atoms with van der Waals surface area (Å²) in [4.78, 5) is 25.0. The Morgan fingerprint density at radius 2 is 2.00 bits per heavy atom. The predicted molar refractivity (Wildman–Crippen MR) is 98.8 cm³/mol. The van der Waals surface area contributed by atoms with Crippen LogP contribution in [0.4, 0.5) is 0 Å². The van der Waals surface area contributed by atoms with Crippen LogP contribution < -0.4 is 10.9 Å². The van der Waals surface area contributed by atoms with Gasteiger partial charge in [-0.2, -0.15) is 0 Å². The smallest absolute Gasteiger partial charge is 0.263 e. The van der Waals surface area contributed by atoms with Gasteiger partial charge in [0.15, 0.2) is 0 Å². The topological polar surface area (TPSA) is 71.3 Å². The molecule has 1 aromatic heterocycles. The molecule has 25 heavy (non-hydrogen) atoms. The molecular formula is C20H26N2O3. The van der Waals surface area contributed by atoms with Crippen molar-refractivity contribution in [3.8, 4) is 0 Å². The fourth-order valence-electron chi connectivity index (χ4n) is 2.40. The summed E-state index contributed by atoms with van der Waals surface area (Å²) < 4.78 is 1.52. The van der Waals surface area contributed by atoms with Gasteiger partial charge in [0.25, 0.3) is 11.5 Å². The molecule has 2 N–H and O–H groups in total. The molecule has 5 heteroatoms. The third-order valence-corrected chi connectivity index (χ3v) is 4.55. The highest BCUT2D eigenvalue weighted by Gasteiger charge is 2.26. The van der Waals surface area contributed by atoms with Gasteiger partial charge in [-0.05, 0) is 37.5 Å². The molecule has 1 aromatic carbocycles. The fourth-order valence-corrected chi connectivity index (χ4v) is 2.40. The number of nitrogens with zero attached hydrogens (tertiary/aromatic N) is 1. The van der Waals surface area contributed by atoms with Gasteiger partial charge in [0.2, 0.25) is 0 Å². The summed E-state index contributed by atoms with van der Waals surface area (Å²) in [5.41, 5.74) is 0.837. The van der Waals surface area contributed by atoms with Crippen molar-refractivity contribution in [3.05, 3.63) is 69.6 Å². The van der Waals surface area contributed by atoms with Crippen LogP contribution in [0.25, 0.3) is 0 Å². The first-order valence-electron chi connectivity index (χ1n) is 8.46. The van der Waals surface area contributed by atoms with Gasteiger partial charge >= 0.3 is 0 Å². The molecule has 0 aliphatic rings. The number of aliphatic hydroxyl groups is 1. The lowest BCUT2D eigenvalue weighted by Crippen LogP contribution is -2.45. The Balaban J connectivity index is 2.17. The number of hydrogen-bond acceptors (Lipinski definition) is 3. The molecule has 2 rings (SSSR count). The maximum Gasteiger partial charge on any atom is 0.263 e. The van der Waals surface area contributed by atoms with Gasteiger partial charge in [-0.3, -0.25) is 9.59 Å². The van der Waals surface area contributed by atoms with Crippen LogP contribution in [0.5, 0.6) is 0 Å². The zero-order chi connectivity index (χ0) is 18.6. The number of pyridine rings is 1. The number of carbonyl (C=O) groups is 1. The Morgan fingerprint density at radius 1 is 1.28 bits per heavy atom. The summed E-state index contributed by atoms with van der Waals surface area (Å²) in [5.74, 6) is -0.480. The Morgan fingerprint density at radius 3 is 2.64 bits per heavy atom. The van der Waals surface area contributed by atoms with E-state index in [0.717, 1.165) is 11.1 Å². The minimum Gasteiger partial charge on any atom is -0.388 e. The van der Waals surface area contributed by atoms with Crippen molar-refractivity contribution >= 4 is 5.91 Å². The Labute approximate surface area is 148 Å². The SMILES string of the molecule is Cc1cccc(Cn2cccc(C(=O)NCC(C)(O)C(C)C)c2=O)c1. The first-order valence-corrected chi connectivity index (χ1v) is 8.46. The second-order valence-corrected chi connectivity index (χ2v) is 7.04. The van der Waals surface area contributed by atoms with E-state index in [2.05, 4.69) is 5.32 Å². The van der Waals surface area contributed by atoms with E-state index in [1.807, 2.05) is 45.0 Å². The number of nitrogens with one attached hydrogen (secondary N) is 1. The maximum atomic E-state index is 12.6. The van der Waals surface area contributed by atoms with Gasteiger partial charge in [-0.15, -0.1) is 0 Å². The molecule has 0 fully saturated rings. The Hall–Kier alpha value is -2.40. The van der Waals surface area contributed by atoms with Gasteiger partial charge in [-0.1, -0.05) is 43.7 Å². The Bertz CT molecular complexity index is 807. The van der Waals surface area contributed by atoms with E-state index in [1.54, 1.807) is 19.2 Å². The normalized spacial score (nSPS) is 13.5. The minimum absolute atomic E-state index is 0.0125. The predicted octanol–water partition coefficient (Wildman–Crippen LogP) is 2.34. The van der Waals surface area contributed by atoms with Gasteiger partial charge in [-0.25, -0.2) is 0 Å². The molecule has 2 aromatic rings. The number of hydrogen-bond donors (Lipinski definition) is 2. The van der Waals surface area contributed by atoms with E-state index in [0.29, 0.717) is 6.54 Å². The number of carbonyl (C=O) groups excluding carboxylic acids is 1. The third kappa shape index (κ3) is 4.79. The zero-order valence-corrected chi connectivity index (χ0v) is 15.2. The Kier molecular flexibility index (Phi) is 5.80. The molecule has 0 saturated carbocycles. The lowest BCUT2D eigenvalue weighted by Gasteiger charge is -2.27. The minimum atomic E-state index is -1.02. The largest absolute Gasteiger partial charge is 0.388 e. The van der Waals surface area contributed by atoms with E-state index < -0.39 is 11.5 Å². The van der Waals surface area contributed by atoms with Crippen LogP contribution in [0, 0.1) is 12.8 Å². The lowest BCUT2D eigenvalue weighted by molar-refractivity contribution is 0.0142. The van der Waals surface area contributed by atoms with Crippen molar-refractivity contribution in [2.24, 2.45) is 5.92 Å². The summed E-state index contributed by atoms with van der Waals surface area (Å²) in [6.45, 7) is 7.92. The first-order chi connectivity index (χ1) is 11.7. The molecule has 1 amide bonds. The summed E-state index contributed by atoms with van der Waals surface area (Å²) in [5, 5.41) is 12.9. The summed E-state index contributed by atoms with van der Waals surface area (Å²) >= 11 is 0. The van der Waals surface area contributed by atoms with Crippen LogP contribution in [0.15, 0.2) is 47.4 Å². The average molecular weight is 342 g/mol. The van der Waals surface area contributed by atoms with Crippen molar-refractivity contribution < 1.29 is 9.90 Å². The molecule has 1 unspecified atom stereocenters. The average Bonchev–Trinajstić information content (AvgIpc) is 2.54. The third-order valence-electron chi connectivity index (χ3n) is 4.55. The number of amides is 1. The molecular weight excluding hydrogens is 316 g/mol. The fraction of sp³-hybridized carbons (Fsp3) is 0.400. The number of rotatable bonds is 6. The molecule has 0 aliphatic carbocycles. The maximum absolute atomic E-state index is 12.6. The molecule has 0 spiro atoms. The highest BCUT2D eigenvalue weighted by Crippen LogP contribution is 2.14.